The number of rotatable bonds is 4. The molecule has 2 unspecified atom stereocenters. The topological polar surface area (TPSA) is 54.0 Å². The standard InChI is InChI=1S/C18H24O5/c1-17(16(19)21-3)12-18(23-22-17,13-6-4-5-7-13)14-8-10-15(20-2)11-9-14/h8-11,13H,4-7,12H2,1-3H3. The molecule has 5 nitrogen and oxygen atoms in total. The predicted octanol–water partition coefficient (Wildman–Crippen LogP) is 3.36. The molecule has 2 aliphatic rings. The minimum atomic E-state index is -1.07. The fourth-order valence-corrected chi connectivity index (χ4v) is 3.91. The Morgan fingerprint density at radius 1 is 1.13 bits per heavy atom. The van der Waals surface area contributed by atoms with E-state index in [0.717, 1.165) is 24.2 Å². The first kappa shape index (κ1) is 16.3. The molecule has 0 N–H and O–H groups in total. The highest BCUT2D eigenvalue weighted by molar-refractivity contribution is 5.79. The van der Waals surface area contributed by atoms with Crippen molar-refractivity contribution in [2.75, 3.05) is 14.2 Å². The number of carbonyl (C=O) groups is 1. The second-order valence-corrected chi connectivity index (χ2v) is 6.67. The molecule has 5 heteroatoms. The highest BCUT2D eigenvalue weighted by Gasteiger charge is 2.58. The van der Waals surface area contributed by atoms with Crippen molar-refractivity contribution in [1.29, 1.82) is 0 Å². The molecule has 1 aromatic carbocycles. The van der Waals surface area contributed by atoms with Gasteiger partial charge in [0.25, 0.3) is 0 Å². The van der Waals surface area contributed by atoms with Crippen LogP contribution in [0.25, 0.3) is 0 Å². The number of ether oxygens (including phenoxy) is 2. The Balaban J connectivity index is 1.97. The Morgan fingerprint density at radius 2 is 1.78 bits per heavy atom. The van der Waals surface area contributed by atoms with Crippen molar-refractivity contribution in [1.82, 2.24) is 0 Å². The lowest BCUT2D eigenvalue weighted by atomic mass is 9.74. The quantitative estimate of drug-likeness (QED) is 0.629. The third-order valence-corrected chi connectivity index (χ3v) is 5.18. The lowest BCUT2D eigenvalue weighted by Gasteiger charge is -2.33. The van der Waals surface area contributed by atoms with Crippen LogP contribution < -0.4 is 4.74 Å². The maximum atomic E-state index is 12.1. The maximum Gasteiger partial charge on any atom is 0.341 e. The molecule has 1 saturated carbocycles. The van der Waals surface area contributed by atoms with E-state index in [2.05, 4.69) is 0 Å². The van der Waals surface area contributed by atoms with Gasteiger partial charge < -0.3 is 9.47 Å². The van der Waals surface area contributed by atoms with E-state index in [9.17, 15) is 4.79 Å². The zero-order valence-electron chi connectivity index (χ0n) is 14.0. The van der Waals surface area contributed by atoms with Gasteiger partial charge in [-0.05, 0) is 43.4 Å². The van der Waals surface area contributed by atoms with Crippen molar-refractivity contribution >= 4 is 5.97 Å². The molecule has 1 aromatic rings. The summed E-state index contributed by atoms with van der Waals surface area (Å²) >= 11 is 0. The molecule has 23 heavy (non-hydrogen) atoms. The second kappa shape index (κ2) is 6.13. The van der Waals surface area contributed by atoms with E-state index >= 15 is 0 Å². The van der Waals surface area contributed by atoms with Gasteiger partial charge in [-0.25, -0.2) is 14.6 Å². The minimum absolute atomic E-state index is 0.336. The summed E-state index contributed by atoms with van der Waals surface area (Å²) in [5.41, 5.74) is -0.652. The Hall–Kier alpha value is -1.59. The Bertz CT molecular complexity index is 563. The fraction of sp³-hybridized carbons (Fsp3) is 0.611. The molecular weight excluding hydrogens is 296 g/mol. The molecule has 2 atom stereocenters. The van der Waals surface area contributed by atoms with Gasteiger partial charge in [-0.3, -0.25) is 0 Å². The van der Waals surface area contributed by atoms with Gasteiger partial charge in [0, 0.05) is 6.42 Å². The maximum absolute atomic E-state index is 12.1. The molecule has 0 spiro atoms. The molecule has 2 fully saturated rings. The van der Waals surface area contributed by atoms with Gasteiger partial charge in [-0.1, -0.05) is 25.0 Å². The van der Waals surface area contributed by atoms with Crippen LogP contribution in [0.2, 0.25) is 0 Å². The van der Waals surface area contributed by atoms with Crippen molar-refractivity contribution in [2.24, 2.45) is 5.92 Å². The molecule has 1 saturated heterocycles. The van der Waals surface area contributed by atoms with Crippen LogP contribution in [0.3, 0.4) is 0 Å². The number of hydrogen-bond acceptors (Lipinski definition) is 5. The lowest BCUT2D eigenvalue weighted by Crippen LogP contribution is -2.39. The van der Waals surface area contributed by atoms with Crippen LogP contribution in [0.4, 0.5) is 0 Å². The van der Waals surface area contributed by atoms with E-state index in [1.54, 1.807) is 14.0 Å². The minimum Gasteiger partial charge on any atom is -0.497 e. The molecule has 0 bridgehead atoms. The third kappa shape index (κ3) is 2.72. The van der Waals surface area contributed by atoms with Crippen LogP contribution in [-0.4, -0.2) is 25.8 Å². The molecule has 0 aromatic heterocycles. The van der Waals surface area contributed by atoms with Crippen LogP contribution in [0.5, 0.6) is 5.75 Å². The summed E-state index contributed by atoms with van der Waals surface area (Å²) in [5, 5.41) is 0. The van der Waals surface area contributed by atoms with Gasteiger partial charge in [0.1, 0.15) is 11.4 Å². The van der Waals surface area contributed by atoms with E-state index in [0.29, 0.717) is 12.3 Å². The number of esters is 1. The monoisotopic (exact) mass is 320 g/mol. The van der Waals surface area contributed by atoms with E-state index in [1.165, 1.54) is 20.0 Å². The number of methoxy groups -OCH3 is 2. The molecule has 1 heterocycles. The summed E-state index contributed by atoms with van der Waals surface area (Å²) in [5.74, 6) is 0.734. The molecular formula is C18H24O5. The molecule has 1 aliphatic heterocycles. The van der Waals surface area contributed by atoms with Crippen molar-refractivity contribution in [3.63, 3.8) is 0 Å². The van der Waals surface area contributed by atoms with Gasteiger partial charge >= 0.3 is 5.97 Å². The summed E-state index contributed by atoms with van der Waals surface area (Å²) in [7, 11) is 3.02. The van der Waals surface area contributed by atoms with E-state index in [1.807, 2.05) is 24.3 Å². The van der Waals surface area contributed by atoms with Gasteiger partial charge in [0.05, 0.1) is 14.2 Å². The summed E-state index contributed by atoms with van der Waals surface area (Å²) < 4.78 is 10.1. The van der Waals surface area contributed by atoms with Crippen LogP contribution in [0.1, 0.15) is 44.6 Å². The predicted molar refractivity (Wildman–Crippen MR) is 83.8 cm³/mol. The average molecular weight is 320 g/mol. The van der Waals surface area contributed by atoms with Crippen LogP contribution >= 0.6 is 0 Å². The van der Waals surface area contributed by atoms with Gasteiger partial charge in [-0.2, -0.15) is 0 Å². The SMILES string of the molecule is COC(=O)C1(C)CC(c2ccc(OC)cc2)(C2CCCC2)OO1. The molecule has 0 radical (unpaired) electrons. The summed E-state index contributed by atoms with van der Waals surface area (Å²) in [6.45, 7) is 1.74. The van der Waals surface area contributed by atoms with Gasteiger partial charge in [-0.15, -0.1) is 0 Å². The Kier molecular flexibility index (Phi) is 4.34. The van der Waals surface area contributed by atoms with Crippen LogP contribution in [0.15, 0.2) is 24.3 Å². The van der Waals surface area contributed by atoms with Crippen molar-refractivity contribution < 1.29 is 24.0 Å². The van der Waals surface area contributed by atoms with E-state index in [4.69, 9.17) is 19.2 Å². The lowest BCUT2D eigenvalue weighted by molar-refractivity contribution is -0.355. The van der Waals surface area contributed by atoms with Crippen LogP contribution in [0, 0.1) is 5.92 Å². The fourth-order valence-electron chi connectivity index (χ4n) is 3.91. The van der Waals surface area contributed by atoms with Crippen molar-refractivity contribution in [3.05, 3.63) is 29.8 Å². The zero-order valence-corrected chi connectivity index (χ0v) is 14.0. The largest absolute Gasteiger partial charge is 0.497 e. The van der Waals surface area contributed by atoms with E-state index in [-0.39, 0.29) is 0 Å². The third-order valence-electron chi connectivity index (χ3n) is 5.18. The normalized spacial score (nSPS) is 31.3. The average Bonchev–Trinajstić information content (AvgIpc) is 3.23. The second-order valence-electron chi connectivity index (χ2n) is 6.67. The smallest absolute Gasteiger partial charge is 0.341 e. The van der Waals surface area contributed by atoms with Gasteiger partial charge in [0.2, 0.25) is 5.60 Å². The highest BCUT2D eigenvalue weighted by Crippen LogP contribution is 2.53. The molecule has 1 aliphatic carbocycles. The molecule has 3 rings (SSSR count). The van der Waals surface area contributed by atoms with Crippen molar-refractivity contribution in [2.45, 2.75) is 50.2 Å². The summed E-state index contributed by atoms with van der Waals surface area (Å²) in [6, 6.07) is 7.85. The first-order valence-electron chi connectivity index (χ1n) is 8.14. The Morgan fingerprint density at radius 3 is 2.35 bits per heavy atom. The number of carbonyl (C=O) groups excluding carboxylic acids is 1. The number of hydrogen-bond donors (Lipinski definition) is 0. The van der Waals surface area contributed by atoms with E-state index < -0.39 is 17.2 Å². The zero-order chi connectivity index (χ0) is 16.5. The summed E-state index contributed by atoms with van der Waals surface area (Å²) in [4.78, 5) is 23.5. The highest BCUT2D eigenvalue weighted by atomic mass is 17.2. The number of benzene rings is 1. The first-order valence-corrected chi connectivity index (χ1v) is 8.14. The summed E-state index contributed by atoms with van der Waals surface area (Å²) in [6.07, 6.45) is 4.98. The van der Waals surface area contributed by atoms with Crippen molar-refractivity contribution in [3.8, 4) is 5.75 Å². The Labute approximate surface area is 136 Å². The molecule has 126 valence electrons. The van der Waals surface area contributed by atoms with Crippen LogP contribution in [-0.2, 0) is 24.9 Å². The molecule has 0 amide bonds. The van der Waals surface area contributed by atoms with Gasteiger partial charge in [0.15, 0.2) is 0 Å². The first-order chi connectivity index (χ1) is 11.0.